The number of aromatic nitrogens is 5. The Balaban J connectivity index is 1.56. The monoisotopic (exact) mass is 298 g/mol. The highest BCUT2D eigenvalue weighted by molar-refractivity contribution is 5.75. The fraction of sp³-hybridized carbons (Fsp3) is 0.400. The average molecular weight is 298 g/mol. The van der Waals surface area contributed by atoms with Crippen LogP contribution in [0, 0.1) is 0 Å². The van der Waals surface area contributed by atoms with Crippen molar-refractivity contribution in [2.24, 2.45) is 7.05 Å². The molecule has 1 atom stereocenters. The molecule has 7 heteroatoms. The van der Waals surface area contributed by atoms with E-state index in [0.717, 1.165) is 23.4 Å². The molecule has 4 rings (SSSR count). The standard InChI is InChI=1S/C15H18N6O/c1-20-12-5-3-2-4-11(12)17-14(20)9-21-7-6-15(22,10-21)13-8-16-19-18-13/h2-5,8,22H,6-7,9-10H2,1H3,(H,16,18,19)/t15-/m1/s1. The number of hydrogen-bond donors (Lipinski definition) is 2. The summed E-state index contributed by atoms with van der Waals surface area (Å²) in [5.74, 6) is 1.01. The van der Waals surface area contributed by atoms with Crippen molar-refractivity contribution in [2.75, 3.05) is 13.1 Å². The Morgan fingerprint density at radius 1 is 1.36 bits per heavy atom. The van der Waals surface area contributed by atoms with Crippen molar-refractivity contribution in [3.8, 4) is 0 Å². The number of imidazole rings is 1. The third kappa shape index (κ3) is 2.10. The second-order valence-corrected chi connectivity index (χ2v) is 5.92. The third-order valence-corrected chi connectivity index (χ3v) is 4.46. The molecule has 1 aromatic carbocycles. The molecule has 0 saturated carbocycles. The number of nitrogens with zero attached hydrogens (tertiary/aromatic N) is 5. The number of nitrogens with one attached hydrogen (secondary N) is 1. The fourth-order valence-corrected chi connectivity index (χ4v) is 3.18. The van der Waals surface area contributed by atoms with Crippen LogP contribution < -0.4 is 0 Å². The van der Waals surface area contributed by atoms with Crippen molar-refractivity contribution in [3.63, 3.8) is 0 Å². The van der Waals surface area contributed by atoms with Crippen LogP contribution in [0.2, 0.25) is 0 Å². The van der Waals surface area contributed by atoms with E-state index in [1.807, 2.05) is 25.2 Å². The first-order valence-corrected chi connectivity index (χ1v) is 7.37. The van der Waals surface area contributed by atoms with E-state index in [4.69, 9.17) is 4.98 Å². The second kappa shape index (κ2) is 4.89. The van der Waals surface area contributed by atoms with Gasteiger partial charge in [-0.3, -0.25) is 4.90 Å². The van der Waals surface area contributed by atoms with Gasteiger partial charge < -0.3 is 9.67 Å². The maximum Gasteiger partial charge on any atom is 0.124 e. The van der Waals surface area contributed by atoms with Gasteiger partial charge in [-0.2, -0.15) is 15.4 Å². The molecule has 7 nitrogen and oxygen atoms in total. The van der Waals surface area contributed by atoms with Gasteiger partial charge in [-0.15, -0.1) is 0 Å². The number of benzene rings is 1. The van der Waals surface area contributed by atoms with Crippen LogP contribution >= 0.6 is 0 Å². The van der Waals surface area contributed by atoms with Crippen LogP contribution in [0.15, 0.2) is 30.5 Å². The lowest BCUT2D eigenvalue weighted by Gasteiger charge is -2.20. The molecule has 22 heavy (non-hydrogen) atoms. The molecule has 114 valence electrons. The Kier molecular flexibility index (Phi) is 2.98. The minimum absolute atomic E-state index is 0.544. The van der Waals surface area contributed by atoms with E-state index >= 15 is 0 Å². The molecule has 1 aliphatic heterocycles. The van der Waals surface area contributed by atoms with Crippen LogP contribution in [0.4, 0.5) is 0 Å². The van der Waals surface area contributed by atoms with E-state index in [0.29, 0.717) is 25.2 Å². The zero-order valence-electron chi connectivity index (χ0n) is 12.4. The second-order valence-electron chi connectivity index (χ2n) is 5.92. The van der Waals surface area contributed by atoms with Gasteiger partial charge in [0.1, 0.15) is 17.1 Å². The zero-order valence-corrected chi connectivity index (χ0v) is 12.4. The van der Waals surface area contributed by atoms with Crippen molar-refractivity contribution in [2.45, 2.75) is 18.6 Å². The Hall–Kier alpha value is -2.25. The van der Waals surface area contributed by atoms with Crippen LogP contribution in [0.3, 0.4) is 0 Å². The number of fused-ring (bicyclic) bond motifs is 1. The summed E-state index contributed by atoms with van der Waals surface area (Å²) < 4.78 is 2.11. The Morgan fingerprint density at radius 2 is 2.23 bits per heavy atom. The van der Waals surface area contributed by atoms with Gasteiger partial charge >= 0.3 is 0 Å². The van der Waals surface area contributed by atoms with Crippen LogP contribution in [0.5, 0.6) is 0 Å². The molecule has 3 heterocycles. The molecule has 1 fully saturated rings. The first-order valence-electron chi connectivity index (χ1n) is 7.37. The van der Waals surface area contributed by atoms with E-state index in [9.17, 15) is 5.11 Å². The van der Waals surface area contributed by atoms with Crippen LogP contribution in [-0.4, -0.2) is 48.1 Å². The van der Waals surface area contributed by atoms with Gasteiger partial charge in [0.25, 0.3) is 0 Å². The van der Waals surface area contributed by atoms with Gasteiger partial charge in [0, 0.05) is 20.1 Å². The Morgan fingerprint density at radius 3 is 3.00 bits per heavy atom. The first-order chi connectivity index (χ1) is 10.7. The zero-order chi connectivity index (χ0) is 15.2. The van der Waals surface area contributed by atoms with Gasteiger partial charge in [0.15, 0.2) is 0 Å². The number of likely N-dealkylation sites (tertiary alicyclic amines) is 1. The van der Waals surface area contributed by atoms with E-state index in [1.165, 1.54) is 0 Å². The number of aryl methyl sites for hydroxylation is 1. The van der Waals surface area contributed by atoms with Crippen molar-refractivity contribution in [1.29, 1.82) is 0 Å². The van der Waals surface area contributed by atoms with Crippen LogP contribution in [0.1, 0.15) is 17.9 Å². The summed E-state index contributed by atoms with van der Waals surface area (Å²) in [4.78, 5) is 6.90. The van der Waals surface area contributed by atoms with Gasteiger partial charge in [-0.25, -0.2) is 4.98 Å². The van der Waals surface area contributed by atoms with Gasteiger partial charge in [0.05, 0.1) is 23.8 Å². The first kappa shape index (κ1) is 13.4. The largest absolute Gasteiger partial charge is 0.382 e. The Labute approximate surface area is 127 Å². The SMILES string of the molecule is Cn1c(CN2CC[C@](O)(c3cn[nH]n3)C2)nc2ccccc21. The van der Waals surface area contributed by atoms with Crippen molar-refractivity contribution < 1.29 is 5.11 Å². The molecular weight excluding hydrogens is 280 g/mol. The summed E-state index contributed by atoms with van der Waals surface area (Å²) in [5, 5.41) is 21.1. The van der Waals surface area contributed by atoms with Crippen LogP contribution in [-0.2, 0) is 19.2 Å². The lowest BCUT2D eigenvalue weighted by molar-refractivity contribution is 0.0405. The van der Waals surface area contributed by atoms with E-state index in [1.54, 1.807) is 6.20 Å². The quantitative estimate of drug-likeness (QED) is 0.747. The third-order valence-electron chi connectivity index (χ3n) is 4.46. The summed E-state index contributed by atoms with van der Waals surface area (Å²) in [7, 11) is 2.03. The fourth-order valence-electron chi connectivity index (χ4n) is 3.18. The maximum absolute atomic E-state index is 10.7. The van der Waals surface area contributed by atoms with Gasteiger partial charge in [-0.05, 0) is 18.6 Å². The number of rotatable bonds is 3. The summed E-state index contributed by atoms with van der Waals surface area (Å²) in [5.41, 5.74) is 1.83. The summed E-state index contributed by atoms with van der Waals surface area (Å²) >= 11 is 0. The van der Waals surface area contributed by atoms with Crippen LogP contribution in [0.25, 0.3) is 11.0 Å². The van der Waals surface area contributed by atoms with Gasteiger partial charge in [0.2, 0.25) is 0 Å². The van der Waals surface area contributed by atoms with Crippen molar-refractivity contribution >= 4 is 11.0 Å². The predicted molar refractivity (Wildman–Crippen MR) is 80.9 cm³/mol. The molecule has 3 aromatic rings. The maximum atomic E-state index is 10.7. The molecule has 0 unspecified atom stereocenters. The number of hydrogen-bond acceptors (Lipinski definition) is 5. The number of β-amino-alcohol motifs (C(OH)–C–C–N with tert-alkyl or cyclic N) is 1. The van der Waals surface area contributed by atoms with Gasteiger partial charge in [-0.1, -0.05) is 12.1 Å². The molecule has 2 aromatic heterocycles. The number of aliphatic hydroxyl groups is 1. The molecule has 0 spiro atoms. The summed E-state index contributed by atoms with van der Waals surface area (Å²) in [6, 6.07) is 8.11. The lowest BCUT2D eigenvalue weighted by atomic mass is 10.0. The molecule has 0 radical (unpaired) electrons. The Bertz CT molecular complexity index is 796. The highest BCUT2D eigenvalue weighted by Gasteiger charge is 2.40. The molecular formula is C15H18N6O. The molecule has 0 aliphatic carbocycles. The molecule has 1 saturated heterocycles. The normalized spacial score (nSPS) is 22.6. The highest BCUT2D eigenvalue weighted by Crippen LogP contribution is 2.31. The predicted octanol–water partition coefficient (Wildman–Crippen LogP) is 0.785. The number of aromatic amines is 1. The average Bonchev–Trinajstić information content (AvgIpc) is 3.22. The summed E-state index contributed by atoms with van der Waals surface area (Å²) in [6.07, 6.45) is 2.25. The minimum Gasteiger partial charge on any atom is -0.382 e. The minimum atomic E-state index is -0.919. The van der Waals surface area contributed by atoms with Crippen molar-refractivity contribution in [3.05, 3.63) is 42.0 Å². The summed E-state index contributed by atoms with van der Waals surface area (Å²) in [6.45, 7) is 2.07. The molecule has 2 N–H and O–H groups in total. The molecule has 0 amide bonds. The van der Waals surface area contributed by atoms with E-state index < -0.39 is 5.60 Å². The lowest BCUT2D eigenvalue weighted by Crippen LogP contribution is -2.31. The van der Waals surface area contributed by atoms with Crippen molar-refractivity contribution in [1.82, 2.24) is 29.9 Å². The topological polar surface area (TPSA) is 82.9 Å². The highest BCUT2D eigenvalue weighted by atomic mass is 16.3. The van der Waals surface area contributed by atoms with E-state index in [2.05, 4.69) is 30.9 Å². The molecule has 1 aliphatic rings. The number of para-hydroxylation sites is 2. The smallest absolute Gasteiger partial charge is 0.124 e. The van der Waals surface area contributed by atoms with E-state index in [-0.39, 0.29) is 0 Å². The number of H-pyrrole nitrogens is 1. The molecule has 0 bridgehead atoms.